The Morgan fingerprint density at radius 1 is 1.08 bits per heavy atom. The van der Waals surface area contributed by atoms with E-state index in [9.17, 15) is 18.5 Å². The molecule has 9 nitrogen and oxygen atoms in total. The van der Waals surface area contributed by atoms with E-state index in [1.54, 1.807) is 0 Å². The van der Waals surface area contributed by atoms with Gasteiger partial charge in [0.15, 0.2) is 0 Å². The van der Waals surface area contributed by atoms with Crippen LogP contribution in [-0.4, -0.2) is 26.6 Å². The lowest BCUT2D eigenvalue weighted by Gasteiger charge is -2.23. The van der Waals surface area contributed by atoms with Crippen molar-refractivity contribution in [2.45, 2.75) is 24.2 Å². The molecule has 0 fully saturated rings. The van der Waals surface area contributed by atoms with Crippen molar-refractivity contribution in [3.8, 4) is 0 Å². The van der Waals surface area contributed by atoms with Gasteiger partial charge in [0.2, 0.25) is 0 Å². The summed E-state index contributed by atoms with van der Waals surface area (Å²) in [5, 5.41) is 16.2. The van der Waals surface area contributed by atoms with Crippen molar-refractivity contribution < 1.29 is 13.3 Å². The average Bonchev–Trinajstić information content (AvgIpc) is 3.03. The quantitative estimate of drug-likeness (QED) is 0.230. The predicted octanol–water partition coefficient (Wildman–Crippen LogP) is 5.76. The molecule has 0 aliphatic carbocycles. The summed E-state index contributed by atoms with van der Waals surface area (Å²) in [6.07, 6.45) is 3.36. The van der Waals surface area contributed by atoms with Crippen LogP contribution in [0.15, 0.2) is 88.5 Å². The summed E-state index contributed by atoms with van der Waals surface area (Å²) in [6, 6.07) is 17.7. The minimum atomic E-state index is -4.06. The number of rotatable bonds is 7. The SMILES string of the molecule is CN1/C(=C\C=N/Nc2ccc(S(=O)(=O)Nc3ccc(Cl)cc3)cc2[N+](=O)[O-])C(C)(C)c2ccccc21. The van der Waals surface area contributed by atoms with Crippen molar-refractivity contribution in [3.05, 3.63) is 99.2 Å². The van der Waals surface area contributed by atoms with Crippen LogP contribution in [0.1, 0.15) is 19.4 Å². The third-order valence-electron chi connectivity index (χ3n) is 6.01. The summed E-state index contributed by atoms with van der Waals surface area (Å²) < 4.78 is 27.9. The van der Waals surface area contributed by atoms with Gasteiger partial charge in [-0.25, -0.2) is 8.42 Å². The molecule has 4 rings (SSSR count). The fourth-order valence-electron chi connectivity index (χ4n) is 4.17. The zero-order chi connectivity index (χ0) is 26.1. The Hall–Kier alpha value is -3.89. The first-order valence-electron chi connectivity index (χ1n) is 10.9. The number of sulfonamides is 1. The zero-order valence-electron chi connectivity index (χ0n) is 19.8. The van der Waals surface area contributed by atoms with Crippen LogP contribution < -0.4 is 15.0 Å². The molecule has 0 unspecified atom stereocenters. The fourth-order valence-corrected chi connectivity index (χ4v) is 5.38. The molecule has 2 N–H and O–H groups in total. The van der Waals surface area contributed by atoms with Crippen LogP contribution in [0.25, 0.3) is 0 Å². The molecule has 36 heavy (non-hydrogen) atoms. The molecule has 0 radical (unpaired) electrons. The van der Waals surface area contributed by atoms with Crippen molar-refractivity contribution >= 4 is 50.6 Å². The molecular weight excluding hydrogens is 502 g/mol. The number of likely N-dealkylation sites (N-methyl/N-ethyl adjacent to an activating group) is 1. The van der Waals surface area contributed by atoms with Gasteiger partial charge in [-0.05, 0) is 54.1 Å². The molecule has 0 bridgehead atoms. The average molecular weight is 526 g/mol. The standard InChI is InChI=1S/C25H24ClN5O4S/c1-25(2)20-6-4-5-7-22(20)30(3)24(25)14-15-27-28-21-13-12-19(16-23(21)31(32)33)36(34,35)29-18-10-8-17(26)9-11-18/h4-16,28-29H,1-3H3/b24-14-,27-15-. The number of allylic oxidation sites excluding steroid dienone is 2. The number of nitrogens with one attached hydrogen (secondary N) is 2. The molecule has 1 aliphatic heterocycles. The molecule has 3 aromatic carbocycles. The van der Waals surface area contributed by atoms with Gasteiger partial charge >= 0.3 is 0 Å². The molecule has 0 saturated heterocycles. The van der Waals surface area contributed by atoms with Gasteiger partial charge in [-0.2, -0.15) is 5.10 Å². The lowest BCUT2D eigenvalue weighted by atomic mass is 9.84. The molecule has 3 aromatic rings. The van der Waals surface area contributed by atoms with Gasteiger partial charge in [-0.1, -0.05) is 43.6 Å². The van der Waals surface area contributed by atoms with Crippen molar-refractivity contribution in [2.24, 2.45) is 5.10 Å². The minimum absolute atomic E-state index is 0.0578. The topological polar surface area (TPSA) is 117 Å². The van der Waals surface area contributed by atoms with Crippen LogP contribution in [-0.2, 0) is 15.4 Å². The van der Waals surface area contributed by atoms with Gasteiger partial charge in [0.05, 0.1) is 9.82 Å². The zero-order valence-corrected chi connectivity index (χ0v) is 21.3. The van der Waals surface area contributed by atoms with Crippen LogP contribution in [0.4, 0.5) is 22.7 Å². The number of anilines is 3. The van der Waals surface area contributed by atoms with E-state index >= 15 is 0 Å². The first-order valence-corrected chi connectivity index (χ1v) is 12.8. The molecule has 0 amide bonds. The lowest BCUT2D eigenvalue weighted by molar-refractivity contribution is -0.384. The predicted molar refractivity (Wildman–Crippen MR) is 143 cm³/mol. The van der Waals surface area contributed by atoms with Crippen LogP contribution in [0.3, 0.4) is 0 Å². The molecular formula is C25H24ClN5O4S. The van der Waals surface area contributed by atoms with E-state index in [1.165, 1.54) is 48.2 Å². The number of hydrazone groups is 1. The van der Waals surface area contributed by atoms with E-state index in [1.807, 2.05) is 31.3 Å². The summed E-state index contributed by atoms with van der Waals surface area (Å²) in [4.78, 5) is 12.8. The highest BCUT2D eigenvalue weighted by atomic mass is 35.5. The largest absolute Gasteiger partial charge is 0.347 e. The second-order valence-electron chi connectivity index (χ2n) is 8.69. The van der Waals surface area contributed by atoms with Gasteiger partial charge in [-0.15, -0.1) is 0 Å². The highest BCUT2D eigenvalue weighted by molar-refractivity contribution is 7.92. The smallest absolute Gasteiger partial charge is 0.295 e. The van der Waals surface area contributed by atoms with Gasteiger partial charge in [0, 0.05) is 46.8 Å². The number of hydrogen-bond acceptors (Lipinski definition) is 7. The summed E-state index contributed by atoms with van der Waals surface area (Å²) in [6.45, 7) is 4.23. The monoisotopic (exact) mass is 525 g/mol. The number of nitrogens with zero attached hydrogens (tertiary/aromatic N) is 3. The Labute approximate surface area is 214 Å². The maximum absolute atomic E-state index is 12.7. The molecule has 0 saturated carbocycles. The highest BCUT2D eigenvalue weighted by Crippen LogP contribution is 2.46. The summed E-state index contributed by atoms with van der Waals surface area (Å²) in [7, 11) is -2.08. The molecule has 0 spiro atoms. The first kappa shape index (κ1) is 25.2. The number of halogens is 1. The Morgan fingerprint density at radius 3 is 2.44 bits per heavy atom. The van der Waals surface area contributed by atoms with Crippen LogP contribution in [0.5, 0.6) is 0 Å². The molecule has 11 heteroatoms. The van der Waals surface area contributed by atoms with E-state index in [0.29, 0.717) is 5.02 Å². The second-order valence-corrected chi connectivity index (χ2v) is 10.8. The molecule has 0 aromatic heterocycles. The van der Waals surface area contributed by atoms with Crippen molar-refractivity contribution in [2.75, 3.05) is 22.1 Å². The first-order chi connectivity index (χ1) is 17.0. The van der Waals surface area contributed by atoms with Gasteiger partial charge in [-0.3, -0.25) is 20.3 Å². The van der Waals surface area contributed by atoms with Crippen LogP contribution in [0, 0.1) is 10.1 Å². The summed E-state index contributed by atoms with van der Waals surface area (Å²) in [5.41, 5.74) is 5.64. The number of nitro groups is 1. The van der Waals surface area contributed by atoms with Crippen molar-refractivity contribution in [1.82, 2.24) is 0 Å². The molecule has 0 atom stereocenters. The molecule has 1 heterocycles. The number of hydrogen-bond donors (Lipinski definition) is 2. The Balaban J connectivity index is 1.54. The Kier molecular flexibility index (Phi) is 6.75. The van der Waals surface area contributed by atoms with Gasteiger partial charge < -0.3 is 4.90 Å². The van der Waals surface area contributed by atoms with Gasteiger partial charge in [0.25, 0.3) is 15.7 Å². The number of nitro benzene ring substituents is 1. The number of para-hydroxylation sites is 1. The number of benzene rings is 3. The van der Waals surface area contributed by atoms with E-state index in [2.05, 4.69) is 40.1 Å². The van der Waals surface area contributed by atoms with E-state index in [4.69, 9.17) is 11.6 Å². The van der Waals surface area contributed by atoms with E-state index in [0.717, 1.165) is 17.5 Å². The third kappa shape index (κ3) is 4.91. The van der Waals surface area contributed by atoms with E-state index < -0.39 is 20.6 Å². The number of fused-ring (bicyclic) bond motifs is 1. The Bertz CT molecular complexity index is 1480. The Morgan fingerprint density at radius 2 is 1.78 bits per heavy atom. The fraction of sp³-hybridized carbons (Fsp3) is 0.160. The minimum Gasteiger partial charge on any atom is -0.347 e. The highest BCUT2D eigenvalue weighted by Gasteiger charge is 2.37. The van der Waals surface area contributed by atoms with Crippen molar-refractivity contribution in [3.63, 3.8) is 0 Å². The van der Waals surface area contributed by atoms with E-state index in [-0.39, 0.29) is 21.7 Å². The maximum Gasteiger partial charge on any atom is 0.295 e. The maximum atomic E-state index is 12.7. The second kappa shape index (κ2) is 9.63. The third-order valence-corrected chi connectivity index (χ3v) is 7.64. The van der Waals surface area contributed by atoms with Gasteiger partial charge in [0.1, 0.15) is 5.69 Å². The molecule has 186 valence electrons. The normalized spacial score (nSPS) is 15.8. The van der Waals surface area contributed by atoms with Crippen LogP contribution >= 0.6 is 11.6 Å². The molecule has 1 aliphatic rings. The summed E-state index contributed by atoms with van der Waals surface area (Å²) in [5.74, 6) is 0. The lowest BCUT2D eigenvalue weighted by Crippen LogP contribution is -2.23. The van der Waals surface area contributed by atoms with Crippen LogP contribution in [0.2, 0.25) is 5.02 Å². The van der Waals surface area contributed by atoms with Crippen molar-refractivity contribution in [1.29, 1.82) is 0 Å². The summed E-state index contributed by atoms with van der Waals surface area (Å²) >= 11 is 5.83.